The van der Waals surface area contributed by atoms with Crippen LogP contribution in [-0.4, -0.2) is 48.3 Å². The fourth-order valence-corrected chi connectivity index (χ4v) is 7.77. The Bertz CT molecular complexity index is 1220. The molecule has 7 nitrogen and oxygen atoms in total. The topological polar surface area (TPSA) is 86.8 Å². The van der Waals surface area contributed by atoms with Crippen molar-refractivity contribution >= 4 is 33.3 Å². The molecule has 1 saturated carbocycles. The maximum atomic E-state index is 13.2. The number of imide groups is 1. The summed E-state index contributed by atoms with van der Waals surface area (Å²) in [5.74, 6) is 0.283. The molecule has 1 saturated heterocycles. The van der Waals surface area contributed by atoms with Gasteiger partial charge < -0.3 is 4.90 Å². The van der Waals surface area contributed by atoms with Gasteiger partial charge in [-0.15, -0.1) is 11.3 Å². The molecule has 1 aliphatic carbocycles. The van der Waals surface area contributed by atoms with E-state index in [0.717, 1.165) is 35.3 Å². The van der Waals surface area contributed by atoms with Crippen molar-refractivity contribution in [2.75, 3.05) is 7.05 Å². The van der Waals surface area contributed by atoms with E-state index in [2.05, 4.69) is 18.6 Å². The van der Waals surface area contributed by atoms with E-state index in [9.17, 15) is 18.0 Å². The van der Waals surface area contributed by atoms with Crippen LogP contribution >= 0.6 is 11.3 Å². The zero-order chi connectivity index (χ0) is 25.1. The highest BCUT2D eigenvalue weighted by molar-refractivity contribution is 7.91. The van der Waals surface area contributed by atoms with Crippen molar-refractivity contribution in [1.29, 1.82) is 0 Å². The van der Waals surface area contributed by atoms with Gasteiger partial charge in [-0.25, -0.2) is 17.9 Å². The first kappa shape index (κ1) is 24.9. The lowest BCUT2D eigenvalue weighted by molar-refractivity contribution is -0.129. The van der Waals surface area contributed by atoms with Gasteiger partial charge in [0.25, 0.3) is 15.9 Å². The minimum Gasteiger partial charge on any atom is -0.313 e. The molecule has 0 unspecified atom stereocenters. The van der Waals surface area contributed by atoms with Gasteiger partial charge in [0.2, 0.25) is 0 Å². The number of carbonyl (C=O) groups is 2. The molecular formula is C25H33N3O4S2. The van der Waals surface area contributed by atoms with Crippen molar-refractivity contribution in [1.82, 2.24) is 14.5 Å². The van der Waals surface area contributed by atoms with Gasteiger partial charge in [-0.1, -0.05) is 38.1 Å². The van der Waals surface area contributed by atoms with Crippen LogP contribution in [0, 0.1) is 5.92 Å². The van der Waals surface area contributed by atoms with E-state index in [1.807, 2.05) is 51.1 Å². The summed E-state index contributed by atoms with van der Waals surface area (Å²) >= 11 is 1.31. The number of sulfonamides is 1. The molecule has 2 aliphatic rings. The zero-order valence-corrected chi connectivity index (χ0v) is 22.3. The van der Waals surface area contributed by atoms with E-state index in [4.69, 9.17) is 0 Å². The second-order valence-corrected chi connectivity index (χ2v) is 13.8. The Balaban J connectivity index is 1.62. The Morgan fingerprint density at radius 1 is 1.12 bits per heavy atom. The number of nitrogens with one attached hydrogen (secondary N) is 1. The number of nitrogens with zero attached hydrogens (tertiary/aromatic N) is 2. The van der Waals surface area contributed by atoms with Crippen molar-refractivity contribution in [2.45, 2.75) is 75.7 Å². The zero-order valence-electron chi connectivity index (χ0n) is 20.6. The number of hydrogen-bond acceptors (Lipinski definition) is 5. The quantitative estimate of drug-likeness (QED) is 0.559. The van der Waals surface area contributed by atoms with Crippen LogP contribution in [0.2, 0.25) is 0 Å². The summed E-state index contributed by atoms with van der Waals surface area (Å²) < 4.78 is 29.5. The Hall–Kier alpha value is -2.23. The molecule has 0 atom stereocenters. The van der Waals surface area contributed by atoms with Crippen LogP contribution in [0.1, 0.15) is 57.9 Å². The summed E-state index contributed by atoms with van der Waals surface area (Å²) in [7, 11) is -2.01. The van der Waals surface area contributed by atoms with E-state index < -0.39 is 21.1 Å². The largest absolute Gasteiger partial charge is 0.327 e. The molecule has 2 aromatic rings. The molecular weight excluding hydrogens is 470 g/mol. The highest BCUT2D eigenvalue weighted by atomic mass is 32.2. The molecule has 0 bridgehead atoms. The van der Waals surface area contributed by atoms with Gasteiger partial charge in [-0.05, 0) is 63.1 Å². The molecule has 0 radical (unpaired) electrons. The highest BCUT2D eigenvalue weighted by Crippen LogP contribution is 2.47. The van der Waals surface area contributed by atoms with Crippen LogP contribution in [0.3, 0.4) is 0 Å². The molecule has 34 heavy (non-hydrogen) atoms. The minimum atomic E-state index is -3.70. The van der Waals surface area contributed by atoms with E-state index in [0.29, 0.717) is 15.7 Å². The van der Waals surface area contributed by atoms with E-state index in [1.165, 1.54) is 16.2 Å². The fraction of sp³-hybridized carbons (Fsp3) is 0.520. The normalized spacial score (nSPS) is 18.0. The molecule has 3 amide bonds. The number of amides is 3. The molecule has 1 aromatic heterocycles. The molecule has 1 spiro atoms. The summed E-state index contributed by atoms with van der Waals surface area (Å²) in [5.41, 5.74) is 1.08. The van der Waals surface area contributed by atoms with E-state index in [-0.39, 0.29) is 18.5 Å². The number of hydrogen-bond donors (Lipinski definition) is 1. The Morgan fingerprint density at radius 3 is 2.24 bits per heavy atom. The van der Waals surface area contributed by atoms with E-state index in [1.54, 1.807) is 11.9 Å². The maximum Gasteiger partial charge on any atom is 0.327 e. The summed E-state index contributed by atoms with van der Waals surface area (Å²) in [6.45, 7) is 9.91. The van der Waals surface area contributed by atoms with Crippen LogP contribution in [0.4, 0.5) is 4.79 Å². The summed E-state index contributed by atoms with van der Waals surface area (Å²) in [6.07, 6.45) is 2.25. The SMILES string of the molecule is CC(C)Cc1cc(-c2ccc(CN3C(=O)N(C)C4(CC4)C3=O)cc2)c(S(=O)(=O)NC(C)(C)C)s1. The van der Waals surface area contributed by atoms with Gasteiger partial charge >= 0.3 is 6.03 Å². The van der Waals surface area contributed by atoms with Gasteiger partial charge in [-0.3, -0.25) is 9.69 Å². The van der Waals surface area contributed by atoms with Gasteiger partial charge in [0, 0.05) is 23.0 Å². The Kier molecular flexibility index (Phi) is 6.19. The number of thiophene rings is 1. The van der Waals surface area contributed by atoms with E-state index >= 15 is 0 Å². The molecule has 4 rings (SSSR count). The molecule has 2 fully saturated rings. The third-order valence-electron chi connectivity index (χ3n) is 6.18. The number of likely N-dealkylation sites (N-methyl/N-ethyl adjacent to an activating group) is 1. The third kappa shape index (κ3) is 4.65. The van der Waals surface area contributed by atoms with Crippen molar-refractivity contribution in [2.24, 2.45) is 5.92 Å². The smallest absolute Gasteiger partial charge is 0.313 e. The predicted molar refractivity (Wildman–Crippen MR) is 134 cm³/mol. The summed E-state index contributed by atoms with van der Waals surface area (Å²) in [6, 6.07) is 9.17. The van der Waals surface area contributed by atoms with Crippen molar-refractivity contribution in [3.05, 3.63) is 40.8 Å². The summed E-state index contributed by atoms with van der Waals surface area (Å²) in [4.78, 5) is 29.2. The summed E-state index contributed by atoms with van der Waals surface area (Å²) in [5, 5.41) is 0. The highest BCUT2D eigenvalue weighted by Gasteiger charge is 2.63. The minimum absolute atomic E-state index is 0.123. The van der Waals surface area contributed by atoms with Crippen LogP contribution in [-0.2, 0) is 27.8 Å². The van der Waals surface area contributed by atoms with Crippen LogP contribution < -0.4 is 4.72 Å². The number of carbonyl (C=O) groups excluding carboxylic acids is 2. The fourth-order valence-electron chi connectivity index (χ4n) is 4.40. The average Bonchev–Trinajstić information content (AvgIpc) is 3.39. The van der Waals surface area contributed by atoms with Crippen molar-refractivity contribution in [3.63, 3.8) is 0 Å². The lowest BCUT2D eigenvalue weighted by Crippen LogP contribution is -2.40. The van der Waals surface area contributed by atoms with Gasteiger partial charge in [-0.2, -0.15) is 0 Å². The van der Waals surface area contributed by atoms with Crippen LogP contribution in [0.25, 0.3) is 11.1 Å². The Labute approximate surface area is 206 Å². The number of urea groups is 1. The number of benzene rings is 1. The van der Waals surface area contributed by atoms with Crippen molar-refractivity contribution < 1.29 is 18.0 Å². The molecule has 1 aliphatic heterocycles. The molecule has 1 aromatic carbocycles. The first-order valence-electron chi connectivity index (χ1n) is 11.6. The molecule has 9 heteroatoms. The molecule has 184 valence electrons. The lowest BCUT2D eigenvalue weighted by atomic mass is 10.0. The third-order valence-corrected chi connectivity index (χ3v) is 9.62. The first-order chi connectivity index (χ1) is 15.7. The average molecular weight is 504 g/mol. The lowest BCUT2D eigenvalue weighted by Gasteiger charge is -2.20. The van der Waals surface area contributed by atoms with Crippen LogP contribution in [0.15, 0.2) is 34.5 Å². The van der Waals surface area contributed by atoms with Gasteiger partial charge in [0.15, 0.2) is 0 Å². The van der Waals surface area contributed by atoms with Gasteiger partial charge in [0.05, 0.1) is 6.54 Å². The second-order valence-electron chi connectivity index (χ2n) is 10.8. The second kappa shape index (κ2) is 8.46. The number of rotatable bonds is 7. The standard InChI is InChI=1S/C25H33N3O4S2/c1-16(2)13-19-14-20(21(33-19)34(31,32)26-24(3,4)5)18-9-7-17(8-10-18)15-28-22(29)25(11-12-25)27(6)23(28)30/h7-10,14,16,26H,11-13,15H2,1-6H3. The maximum absolute atomic E-state index is 13.2. The Morgan fingerprint density at radius 2 is 1.74 bits per heavy atom. The molecule has 1 N–H and O–H groups in total. The van der Waals surface area contributed by atoms with Gasteiger partial charge in [0.1, 0.15) is 9.75 Å². The predicted octanol–water partition coefficient (Wildman–Crippen LogP) is 4.62. The first-order valence-corrected chi connectivity index (χ1v) is 13.9. The monoisotopic (exact) mass is 503 g/mol. The van der Waals surface area contributed by atoms with Crippen molar-refractivity contribution in [3.8, 4) is 11.1 Å². The molecule has 2 heterocycles. The van der Waals surface area contributed by atoms with Crippen LogP contribution in [0.5, 0.6) is 0 Å².